The summed E-state index contributed by atoms with van der Waals surface area (Å²) in [6.07, 6.45) is 7.04. The SMILES string of the molecule is C=CCN1C(=O)C2(CCCCC2)NC(=O)C1(C)CC. The van der Waals surface area contributed by atoms with Gasteiger partial charge in [-0.3, -0.25) is 9.59 Å². The topological polar surface area (TPSA) is 49.4 Å². The van der Waals surface area contributed by atoms with Crippen molar-refractivity contribution < 1.29 is 9.59 Å². The van der Waals surface area contributed by atoms with E-state index in [4.69, 9.17) is 0 Å². The van der Waals surface area contributed by atoms with Crippen LogP contribution in [0.3, 0.4) is 0 Å². The Kier molecular flexibility index (Phi) is 3.70. The zero-order valence-electron chi connectivity index (χ0n) is 12.0. The van der Waals surface area contributed by atoms with E-state index < -0.39 is 11.1 Å². The first-order valence-electron chi connectivity index (χ1n) is 7.26. The van der Waals surface area contributed by atoms with Gasteiger partial charge in [-0.15, -0.1) is 6.58 Å². The number of piperazine rings is 1. The van der Waals surface area contributed by atoms with Crippen molar-refractivity contribution in [2.75, 3.05) is 6.54 Å². The molecule has 1 atom stereocenters. The predicted molar refractivity (Wildman–Crippen MR) is 74.6 cm³/mol. The molecule has 1 N–H and O–H groups in total. The minimum atomic E-state index is -0.742. The van der Waals surface area contributed by atoms with Gasteiger partial charge in [0.25, 0.3) is 0 Å². The van der Waals surface area contributed by atoms with Crippen molar-refractivity contribution in [3.8, 4) is 0 Å². The molecule has 1 aliphatic carbocycles. The summed E-state index contributed by atoms with van der Waals surface area (Å²) in [6, 6.07) is 0. The lowest BCUT2D eigenvalue weighted by atomic mass is 9.76. The molecule has 106 valence electrons. The van der Waals surface area contributed by atoms with Crippen LogP contribution >= 0.6 is 0 Å². The fourth-order valence-corrected chi connectivity index (χ4v) is 3.27. The molecule has 19 heavy (non-hydrogen) atoms. The summed E-state index contributed by atoms with van der Waals surface area (Å²) in [5.41, 5.74) is -1.39. The lowest BCUT2D eigenvalue weighted by Crippen LogP contribution is -2.75. The molecule has 1 unspecified atom stereocenters. The fourth-order valence-electron chi connectivity index (χ4n) is 3.27. The van der Waals surface area contributed by atoms with Gasteiger partial charge in [0.2, 0.25) is 11.8 Å². The second-order valence-corrected chi connectivity index (χ2v) is 5.93. The van der Waals surface area contributed by atoms with Crippen molar-refractivity contribution in [3.05, 3.63) is 12.7 Å². The van der Waals surface area contributed by atoms with Gasteiger partial charge in [-0.25, -0.2) is 0 Å². The molecule has 1 spiro atoms. The van der Waals surface area contributed by atoms with E-state index in [1.807, 2.05) is 13.8 Å². The zero-order valence-corrected chi connectivity index (χ0v) is 12.0. The average Bonchev–Trinajstić information content (AvgIpc) is 2.43. The van der Waals surface area contributed by atoms with Gasteiger partial charge in [0, 0.05) is 6.54 Å². The molecule has 4 heteroatoms. The van der Waals surface area contributed by atoms with E-state index in [0.717, 1.165) is 32.1 Å². The van der Waals surface area contributed by atoms with Gasteiger partial charge >= 0.3 is 0 Å². The van der Waals surface area contributed by atoms with Crippen LogP contribution < -0.4 is 5.32 Å². The number of nitrogens with zero attached hydrogens (tertiary/aromatic N) is 1. The fraction of sp³-hybridized carbons (Fsp3) is 0.733. The van der Waals surface area contributed by atoms with Crippen LogP contribution in [0.25, 0.3) is 0 Å². The van der Waals surface area contributed by atoms with Gasteiger partial charge in [-0.1, -0.05) is 32.3 Å². The number of hydrogen-bond acceptors (Lipinski definition) is 2. The van der Waals surface area contributed by atoms with Crippen LogP contribution in [0.2, 0.25) is 0 Å². The summed E-state index contributed by atoms with van der Waals surface area (Å²) in [4.78, 5) is 27.1. The van der Waals surface area contributed by atoms with Crippen molar-refractivity contribution >= 4 is 11.8 Å². The molecule has 0 aromatic rings. The Morgan fingerprint density at radius 3 is 2.47 bits per heavy atom. The lowest BCUT2D eigenvalue weighted by Gasteiger charge is -2.52. The zero-order chi connectivity index (χ0) is 14.1. The number of amides is 2. The summed E-state index contributed by atoms with van der Waals surface area (Å²) in [7, 11) is 0. The molecule has 2 amide bonds. The van der Waals surface area contributed by atoms with E-state index in [2.05, 4.69) is 11.9 Å². The smallest absolute Gasteiger partial charge is 0.249 e. The Morgan fingerprint density at radius 1 is 1.32 bits per heavy atom. The van der Waals surface area contributed by atoms with Crippen molar-refractivity contribution in [1.29, 1.82) is 0 Å². The molecule has 1 saturated carbocycles. The largest absolute Gasteiger partial charge is 0.340 e. The van der Waals surface area contributed by atoms with E-state index in [1.165, 1.54) is 0 Å². The van der Waals surface area contributed by atoms with Crippen LogP contribution in [-0.2, 0) is 9.59 Å². The van der Waals surface area contributed by atoms with Gasteiger partial charge in [0.1, 0.15) is 11.1 Å². The molecular formula is C15H24N2O2. The highest BCUT2D eigenvalue weighted by Gasteiger charge is 2.55. The van der Waals surface area contributed by atoms with Gasteiger partial charge in [-0.2, -0.15) is 0 Å². The Labute approximate surface area is 115 Å². The van der Waals surface area contributed by atoms with Crippen molar-refractivity contribution in [3.63, 3.8) is 0 Å². The molecule has 1 aliphatic heterocycles. The molecule has 2 fully saturated rings. The third-order valence-electron chi connectivity index (χ3n) is 4.80. The van der Waals surface area contributed by atoms with Crippen LogP contribution in [0.15, 0.2) is 12.7 Å². The third-order valence-corrected chi connectivity index (χ3v) is 4.80. The van der Waals surface area contributed by atoms with E-state index in [1.54, 1.807) is 11.0 Å². The first kappa shape index (κ1) is 14.1. The van der Waals surface area contributed by atoms with Crippen LogP contribution in [0, 0.1) is 0 Å². The molecule has 1 heterocycles. The summed E-state index contributed by atoms with van der Waals surface area (Å²) in [5.74, 6) is 0.0643. The molecule has 0 aromatic carbocycles. The first-order valence-corrected chi connectivity index (χ1v) is 7.26. The molecule has 2 aliphatic rings. The molecular weight excluding hydrogens is 240 g/mol. The van der Waals surface area contributed by atoms with Crippen molar-refractivity contribution in [2.45, 2.75) is 63.5 Å². The Hall–Kier alpha value is -1.32. The molecule has 0 aromatic heterocycles. The molecule has 0 bridgehead atoms. The monoisotopic (exact) mass is 264 g/mol. The highest BCUT2D eigenvalue weighted by molar-refractivity contribution is 6.02. The predicted octanol–water partition coefficient (Wildman–Crippen LogP) is 2.00. The van der Waals surface area contributed by atoms with Gasteiger partial charge in [0.15, 0.2) is 0 Å². The minimum absolute atomic E-state index is 0.0154. The maximum absolute atomic E-state index is 12.9. The summed E-state index contributed by atoms with van der Waals surface area (Å²) in [6.45, 7) is 7.96. The Bertz CT molecular complexity index is 399. The molecule has 4 nitrogen and oxygen atoms in total. The Balaban J connectivity index is 2.37. The number of carbonyl (C=O) groups is 2. The maximum atomic E-state index is 12.9. The second-order valence-electron chi connectivity index (χ2n) is 5.93. The quantitative estimate of drug-likeness (QED) is 0.793. The van der Waals surface area contributed by atoms with E-state index in [0.29, 0.717) is 13.0 Å². The van der Waals surface area contributed by atoms with Crippen molar-refractivity contribution in [2.24, 2.45) is 0 Å². The van der Waals surface area contributed by atoms with Crippen LogP contribution in [0.5, 0.6) is 0 Å². The lowest BCUT2D eigenvalue weighted by molar-refractivity contribution is -0.163. The van der Waals surface area contributed by atoms with Crippen LogP contribution in [-0.4, -0.2) is 34.3 Å². The van der Waals surface area contributed by atoms with E-state index >= 15 is 0 Å². The van der Waals surface area contributed by atoms with Crippen LogP contribution in [0.4, 0.5) is 0 Å². The first-order chi connectivity index (χ1) is 9.00. The molecule has 1 saturated heterocycles. The third kappa shape index (κ3) is 2.07. The highest BCUT2D eigenvalue weighted by atomic mass is 16.2. The summed E-state index contributed by atoms with van der Waals surface area (Å²) < 4.78 is 0. The highest BCUT2D eigenvalue weighted by Crippen LogP contribution is 2.37. The average molecular weight is 264 g/mol. The number of hydrogen-bond donors (Lipinski definition) is 1. The standard InChI is InChI=1S/C15H24N2O2/c1-4-11-17-13(19)15(9-7-6-8-10-15)16-12(18)14(17,3)5-2/h4H,1,5-11H2,2-3H3,(H,16,18). The normalized spacial score (nSPS) is 30.3. The van der Waals surface area contributed by atoms with E-state index in [-0.39, 0.29) is 11.8 Å². The van der Waals surface area contributed by atoms with Crippen molar-refractivity contribution in [1.82, 2.24) is 10.2 Å². The maximum Gasteiger partial charge on any atom is 0.249 e. The van der Waals surface area contributed by atoms with Crippen LogP contribution in [0.1, 0.15) is 52.4 Å². The number of rotatable bonds is 3. The van der Waals surface area contributed by atoms with E-state index in [9.17, 15) is 9.59 Å². The van der Waals surface area contributed by atoms with Gasteiger partial charge < -0.3 is 10.2 Å². The van der Waals surface area contributed by atoms with Gasteiger partial charge in [-0.05, 0) is 26.2 Å². The number of carbonyl (C=O) groups excluding carboxylic acids is 2. The summed E-state index contributed by atoms with van der Waals surface area (Å²) in [5, 5.41) is 3.05. The number of nitrogens with one attached hydrogen (secondary N) is 1. The van der Waals surface area contributed by atoms with Gasteiger partial charge in [0.05, 0.1) is 0 Å². The second kappa shape index (κ2) is 4.99. The minimum Gasteiger partial charge on any atom is -0.340 e. The summed E-state index contributed by atoms with van der Waals surface area (Å²) >= 11 is 0. The Morgan fingerprint density at radius 2 is 1.95 bits per heavy atom. The molecule has 0 radical (unpaired) electrons. The molecule has 2 rings (SSSR count).